The van der Waals surface area contributed by atoms with Gasteiger partial charge < -0.3 is 14.5 Å². The highest BCUT2D eigenvalue weighted by Crippen LogP contribution is 2.28. The smallest absolute Gasteiger partial charge is 0.132 e. The van der Waals surface area contributed by atoms with Crippen LogP contribution in [0.3, 0.4) is 0 Å². The Kier molecular flexibility index (Phi) is 2.37. The SMILES string of the molecule is COc1ccn2c(C3CNC3)nc(Br)c2c1. The zero-order valence-electron chi connectivity index (χ0n) is 8.90. The zero-order chi connectivity index (χ0) is 11.1. The number of hydrogen-bond acceptors (Lipinski definition) is 3. The summed E-state index contributed by atoms with van der Waals surface area (Å²) in [5.41, 5.74) is 1.06. The van der Waals surface area contributed by atoms with Gasteiger partial charge in [0.05, 0.1) is 12.6 Å². The van der Waals surface area contributed by atoms with Gasteiger partial charge >= 0.3 is 0 Å². The molecular formula is C11H12BrN3O. The van der Waals surface area contributed by atoms with Gasteiger partial charge in [-0.25, -0.2) is 4.98 Å². The maximum Gasteiger partial charge on any atom is 0.132 e. The fourth-order valence-corrected chi connectivity index (χ4v) is 2.42. The van der Waals surface area contributed by atoms with E-state index in [1.165, 1.54) is 0 Å². The molecule has 2 aromatic rings. The third-order valence-electron chi connectivity index (χ3n) is 2.98. The molecule has 4 nitrogen and oxygen atoms in total. The second-order valence-electron chi connectivity index (χ2n) is 3.94. The van der Waals surface area contributed by atoms with E-state index in [0.29, 0.717) is 5.92 Å². The highest BCUT2D eigenvalue weighted by Gasteiger charge is 2.24. The summed E-state index contributed by atoms with van der Waals surface area (Å²) in [5, 5.41) is 3.26. The molecular weight excluding hydrogens is 270 g/mol. The number of rotatable bonds is 2. The largest absolute Gasteiger partial charge is 0.497 e. The predicted octanol–water partition coefficient (Wildman–Crippen LogP) is 1.79. The van der Waals surface area contributed by atoms with Crippen molar-refractivity contribution in [1.82, 2.24) is 14.7 Å². The minimum absolute atomic E-state index is 0.521. The summed E-state index contributed by atoms with van der Waals surface area (Å²) in [6.45, 7) is 2.02. The summed E-state index contributed by atoms with van der Waals surface area (Å²) in [6, 6.07) is 3.95. The van der Waals surface area contributed by atoms with E-state index in [-0.39, 0.29) is 0 Å². The molecule has 0 aliphatic carbocycles. The Labute approximate surface area is 102 Å². The van der Waals surface area contributed by atoms with Crippen molar-refractivity contribution in [2.24, 2.45) is 0 Å². The van der Waals surface area contributed by atoms with Crippen LogP contribution in [0.2, 0.25) is 0 Å². The van der Waals surface area contributed by atoms with Crippen LogP contribution < -0.4 is 10.1 Å². The zero-order valence-corrected chi connectivity index (χ0v) is 10.5. The van der Waals surface area contributed by atoms with Crippen LogP contribution in [0.15, 0.2) is 22.9 Å². The van der Waals surface area contributed by atoms with Gasteiger partial charge in [0.2, 0.25) is 0 Å². The van der Waals surface area contributed by atoms with Crippen LogP contribution in [0.25, 0.3) is 5.52 Å². The number of halogens is 1. The monoisotopic (exact) mass is 281 g/mol. The first-order valence-electron chi connectivity index (χ1n) is 5.22. The molecule has 16 heavy (non-hydrogen) atoms. The molecule has 2 aromatic heterocycles. The molecule has 3 rings (SSSR count). The van der Waals surface area contributed by atoms with E-state index in [4.69, 9.17) is 4.74 Å². The van der Waals surface area contributed by atoms with Gasteiger partial charge in [0.1, 0.15) is 16.2 Å². The van der Waals surface area contributed by atoms with Crippen LogP contribution >= 0.6 is 15.9 Å². The standard InChI is InChI=1S/C11H12BrN3O/c1-16-8-2-3-15-9(4-8)10(12)14-11(15)7-5-13-6-7/h2-4,7,13H,5-6H2,1H3. The summed E-state index contributed by atoms with van der Waals surface area (Å²) in [6.07, 6.45) is 2.01. The molecule has 0 bridgehead atoms. The van der Waals surface area contributed by atoms with Crippen molar-refractivity contribution in [1.29, 1.82) is 0 Å². The molecule has 1 aliphatic heterocycles. The average Bonchev–Trinajstić information content (AvgIpc) is 2.54. The van der Waals surface area contributed by atoms with Gasteiger partial charge in [-0.15, -0.1) is 0 Å². The molecule has 0 aromatic carbocycles. The van der Waals surface area contributed by atoms with Crippen LogP contribution in [-0.4, -0.2) is 29.6 Å². The Morgan fingerprint density at radius 3 is 3.00 bits per heavy atom. The van der Waals surface area contributed by atoms with E-state index in [9.17, 15) is 0 Å². The van der Waals surface area contributed by atoms with Gasteiger partial charge in [0.15, 0.2) is 0 Å². The van der Waals surface area contributed by atoms with Gasteiger partial charge in [-0.05, 0) is 22.0 Å². The highest BCUT2D eigenvalue weighted by atomic mass is 79.9. The third-order valence-corrected chi connectivity index (χ3v) is 3.56. The van der Waals surface area contributed by atoms with Crippen molar-refractivity contribution >= 4 is 21.4 Å². The number of imidazole rings is 1. The third kappa shape index (κ3) is 1.43. The molecule has 1 aliphatic rings. The quantitative estimate of drug-likeness (QED) is 0.912. The molecule has 0 atom stereocenters. The highest BCUT2D eigenvalue weighted by molar-refractivity contribution is 9.10. The topological polar surface area (TPSA) is 38.6 Å². The van der Waals surface area contributed by atoms with Crippen molar-refractivity contribution in [2.45, 2.75) is 5.92 Å². The lowest BCUT2D eigenvalue weighted by Gasteiger charge is -2.25. The van der Waals surface area contributed by atoms with Crippen LogP contribution in [0.5, 0.6) is 5.75 Å². The van der Waals surface area contributed by atoms with Crippen LogP contribution in [-0.2, 0) is 0 Å². The van der Waals surface area contributed by atoms with Gasteiger partial charge in [-0.3, -0.25) is 0 Å². The van der Waals surface area contributed by atoms with Gasteiger partial charge in [0.25, 0.3) is 0 Å². The lowest BCUT2D eigenvalue weighted by atomic mass is 10.0. The van der Waals surface area contributed by atoms with Crippen LogP contribution in [0, 0.1) is 0 Å². The second-order valence-corrected chi connectivity index (χ2v) is 4.69. The Morgan fingerprint density at radius 2 is 2.38 bits per heavy atom. The summed E-state index contributed by atoms with van der Waals surface area (Å²) >= 11 is 3.49. The molecule has 5 heteroatoms. The number of aromatic nitrogens is 2. The maximum atomic E-state index is 5.21. The number of hydrogen-bond donors (Lipinski definition) is 1. The lowest BCUT2D eigenvalue weighted by Crippen LogP contribution is -2.40. The first-order chi connectivity index (χ1) is 7.79. The molecule has 0 saturated carbocycles. The molecule has 1 N–H and O–H groups in total. The normalized spacial score (nSPS) is 16.4. The fraction of sp³-hybridized carbons (Fsp3) is 0.364. The maximum absolute atomic E-state index is 5.21. The van der Waals surface area contributed by atoms with E-state index in [0.717, 1.165) is 34.8 Å². The molecule has 3 heterocycles. The van der Waals surface area contributed by atoms with E-state index < -0.39 is 0 Å². The predicted molar refractivity (Wildman–Crippen MR) is 65.1 cm³/mol. The van der Waals surface area contributed by atoms with E-state index in [2.05, 4.69) is 30.6 Å². The molecule has 0 unspecified atom stereocenters. The Morgan fingerprint density at radius 1 is 1.56 bits per heavy atom. The van der Waals surface area contributed by atoms with Crippen LogP contribution in [0.4, 0.5) is 0 Å². The van der Waals surface area contributed by atoms with Gasteiger partial charge in [-0.1, -0.05) is 0 Å². The Balaban J connectivity index is 2.16. The van der Waals surface area contributed by atoms with E-state index in [1.54, 1.807) is 7.11 Å². The van der Waals surface area contributed by atoms with Gasteiger partial charge in [0, 0.05) is 31.3 Å². The summed E-state index contributed by atoms with van der Waals surface area (Å²) in [4.78, 5) is 4.57. The minimum Gasteiger partial charge on any atom is -0.497 e. The fourth-order valence-electron chi connectivity index (χ4n) is 1.94. The van der Waals surface area contributed by atoms with Crippen molar-refractivity contribution in [3.05, 3.63) is 28.8 Å². The Hall–Kier alpha value is -1.07. The minimum atomic E-state index is 0.521. The first kappa shape index (κ1) is 10.1. The molecule has 1 fully saturated rings. The molecule has 0 radical (unpaired) electrons. The number of pyridine rings is 1. The van der Waals surface area contributed by atoms with Crippen molar-refractivity contribution in [3.63, 3.8) is 0 Å². The second kappa shape index (κ2) is 3.75. The Bertz CT molecular complexity index is 533. The number of ether oxygens (including phenoxy) is 1. The average molecular weight is 282 g/mol. The summed E-state index contributed by atoms with van der Waals surface area (Å²) in [7, 11) is 1.67. The number of fused-ring (bicyclic) bond motifs is 1. The van der Waals surface area contributed by atoms with E-state index >= 15 is 0 Å². The molecule has 1 saturated heterocycles. The number of nitrogens with one attached hydrogen (secondary N) is 1. The number of methoxy groups -OCH3 is 1. The van der Waals surface area contributed by atoms with Crippen LogP contribution in [0.1, 0.15) is 11.7 Å². The van der Waals surface area contributed by atoms with Crippen molar-refractivity contribution < 1.29 is 4.74 Å². The molecule has 0 spiro atoms. The summed E-state index contributed by atoms with van der Waals surface area (Å²) in [5.74, 6) is 2.49. The van der Waals surface area contributed by atoms with Crippen molar-refractivity contribution in [2.75, 3.05) is 20.2 Å². The summed E-state index contributed by atoms with van der Waals surface area (Å²) < 4.78 is 8.22. The lowest BCUT2D eigenvalue weighted by molar-refractivity contribution is 0.413. The van der Waals surface area contributed by atoms with E-state index in [1.807, 2.05) is 18.3 Å². The van der Waals surface area contributed by atoms with Crippen molar-refractivity contribution in [3.8, 4) is 5.75 Å². The van der Waals surface area contributed by atoms with Gasteiger partial charge in [-0.2, -0.15) is 0 Å². The molecule has 84 valence electrons. The molecule has 0 amide bonds. The number of nitrogens with zero attached hydrogens (tertiary/aromatic N) is 2. The first-order valence-corrected chi connectivity index (χ1v) is 6.01.